The second-order valence-corrected chi connectivity index (χ2v) is 9.76. The SMILES string of the molecule is CCCCC(=O)Nc1c(C(=O)O)n(Cc2cccc(Cl)c2)c2cc(-c3ccc(OC(C)C)cc3)ccc12. The average molecular weight is 519 g/mol. The third kappa shape index (κ3) is 6.15. The van der Waals surface area contributed by atoms with E-state index in [2.05, 4.69) is 5.32 Å². The van der Waals surface area contributed by atoms with Crippen LogP contribution in [0.5, 0.6) is 5.75 Å². The summed E-state index contributed by atoms with van der Waals surface area (Å²) in [6, 6.07) is 20.9. The summed E-state index contributed by atoms with van der Waals surface area (Å²) in [5.41, 5.74) is 3.82. The van der Waals surface area contributed by atoms with Crippen molar-refractivity contribution in [3.63, 3.8) is 0 Å². The van der Waals surface area contributed by atoms with E-state index in [1.54, 1.807) is 10.6 Å². The molecule has 7 heteroatoms. The maximum absolute atomic E-state index is 12.7. The van der Waals surface area contributed by atoms with Crippen molar-refractivity contribution in [2.45, 2.75) is 52.7 Å². The molecule has 0 aliphatic heterocycles. The Labute approximate surface area is 221 Å². The largest absolute Gasteiger partial charge is 0.491 e. The summed E-state index contributed by atoms with van der Waals surface area (Å²) in [5.74, 6) is -0.522. The van der Waals surface area contributed by atoms with E-state index >= 15 is 0 Å². The standard InChI is InChI=1S/C30H31ClN2O4/c1-4-5-9-27(34)32-28-25-15-12-22(21-10-13-24(14-11-21)37-19(2)3)17-26(25)33(29(28)30(35)36)18-20-7-6-8-23(31)16-20/h6-8,10-17,19H,4-5,9,18H2,1-3H3,(H,32,34)(H,35,36). The minimum absolute atomic E-state index is 0.0395. The van der Waals surface area contributed by atoms with Gasteiger partial charge in [0.2, 0.25) is 5.91 Å². The van der Waals surface area contributed by atoms with Gasteiger partial charge in [0.05, 0.1) is 17.3 Å². The average Bonchev–Trinajstić information content (AvgIpc) is 3.15. The molecule has 0 saturated heterocycles. The lowest BCUT2D eigenvalue weighted by Crippen LogP contribution is -2.16. The number of unbranched alkanes of at least 4 members (excludes halogenated alkanes) is 1. The van der Waals surface area contributed by atoms with Gasteiger partial charge in [0.25, 0.3) is 0 Å². The molecule has 0 unspecified atom stereocenters. The van der Waals surface area contributed by atoms with Gasteiger partial charge in [0, 0.05) is 23.4 Å². The van der Waals surface area contributed by atoms with Crippen LogP contribution in [0.25, 0.3) is 22.0 Å². The number of nitrogens with one attached hydrogen (secondary N) is 1. The van der Waals surface area contributed by atoms with Crippen LogP contribution in [0.3, 0.4) is 0 Å². The molecule has 0 radical (unpaired) electrons. The van der Waals surface area contributed by atoms with Crippen LogP contribution in [-0.2, 0) is 11.3 Å². The third-order valence-corrected chi connectivity index (χ3v) is 6.31. The molecule has 37 heavy (non-hydrogen) atoms. The van der Waals surface area contributed by atoms with Crippen LogP contribution < -0.4 is 10.1 Å². The molecule has 1 amide bonds. The number of carbonyl (C=O) groups is 2. The van der Waals surface area contributed by atoms with Crippen LogP contribution in [-0.4, -0.2) is 27.7 Å². The first-order valence-corrected chi connectivity index (χ1v) is 12.9. The first-order valence-electron chi connectivity index (χ1n) is 12.5. The van der Waals surface area contributed by atoms with E-state index in [9.17, 15) is 14.7 Å². The summed E-state index contributed by atoms with van der Waals surface area (Å²) in [6.07, 6.45) is 2.02. The number of hydrogen-bond donors (Lipinski definition) is 2. The number of rotatable bonds is 10. The zero-order valence-corrected chi connectivity index (χ0v) is 22.0. The van der Waals surface area contributed by atoms with Gasteiger partial charge in [-0.15, -0.1) is 0 Å². The fraction of sp³-hybridized carbons (Fsp3) is 0.267. The molecule has 0 bridgehead atoms. The fourth-order valence-electron chi connectivity index (χ4n) is 4.40. The van der Waals surface area contributed by atoms with E-state index in [1.165, 1.54) is 0 Å². The number of nitrogens with zero attached hydrogens (tertiary/aromatic N) is 1. The molecule has 0 saturated carbocycles. The van der Waals surface area contributed by atoms with Crippen molar-refractivity contribution in [2.24, 2.45) is 0 Å². The zero-order valence-electron chi connectivity index (χ0n) is 21.3. The van der Waals surface area contributed by atoms with Crippen LogP contribution >= 0.6 is 11.6 Å². The van der Waals surface area contributed by atoms with Crippen molar-refractivity contribution in [1.29, 1.82) is 0 Å². The number of halogens is 1. The zero-order chi connectivity index (χ0) is 26.5. The van der Waals surface area contributed by atoms with E-state index < -0.39 is 5.97 Å². The Morgan fingerprint density at radius 2 is 1.76 bits per heavy atom. The Bertz CT molecular complexity index is 1420. The van der Waals surface area contributed by atoms with Gasteiger partial charge in [-0.05, 0) is 67.3 Å². The molecule has 0 aliphatic rings. The quantitative estimate of drug-likeness (QED) is 0.226. The van der Waals surface area contributed by atoms with Crippen molar-refractivity contribution in [2.75, 3.05) is 5.32 Å². The highest BCUT2D eigenvalue weighted by Gasteiger charge is 2.24. The molecule has 192 valence electrons. The van der Waals surface area contributed by atoms with Crippen LogP contribution in [0.1, 0.15) is 56.1 Å². The lowest BCUT2D eigenvalue weighted by Gasteiger charge is -2.11. The molecule has 0 spiro atoms. The van der Waals surface area contributed by atoms with Crippen molar-refractivity contribution in [3.8, 4) is 16.9 Å². The normalized spacial score (nSPS) is 11.2. The highest BCUT2D eigenvalue weighted by Crippen LogP contribution is 2.36. The van der Waals surface area contributed by atoms with Gasteiger partial charge in [-0.2, -0.15) is 0 Å². The number of aromatic carboxylic acids is 1. The lowest BCUT2D eigenvalue weighted by molar-refractivity contribution is -0.116. The maximum atomic E-state index is 12.7. The Hall–Kier alpha value is -3.77. The van der Waals surface area contributed by atoms with Crippen LogP contribution in [0, 0.1) is 0 Å². The predicted molar refractivity (Wildman–Crippen MR) is 149 cm³/mol. The van der Waals surface area contributed by atoms with Gasteiger partial charge in [-0.3, -0.25) is 4.79 Å². The molecule has 1 aromatic heterocycles. The molecule has 0 fully saturated rings. The molecule has 4 aromatic rings. The van der Waals surface area contributed by atoms with Crippen molar-refractivity contribution >= 4 is 40.1 Å². The van der Waals surface area contributed by atoms with Gasteiger partial charge >= 0.3 is 5.97 Å². The van der Waals surface area contributed by atoms with E-state index in [-0.39, 0.29) is 24.2 Å². The highest BCUT2D eigenvalue weighted by molar-refractivity contribution is 6.30. The predicted octanol–water partition coefficient (Wildman–Crippen LogP) is 7.62. The van der Waals surface area contributed by atoms with E-state index in [0.29, 0.717) is 28.0 Å². The summed E-state index contributed by atoms with van der Waals surface area (Å²) in [7, 11) is 0. The minimum Gasteiger partial charge on any atom is -0.491 e. The van der Waals surface area contributed by atoms with Gasteiger partial charge < -0.3 is 19.7 Å². The number of benzene rings is 3. The van der Waals surface area contributed by atoms with Crippen LogP contribution in [0.2, 0.25) is 5.02 Å². The number of ether oxygens (including phenoxy) is 1. The second kappa shape index (κ2) is 11.5. The summed E-state index contributed by atoms with van der Waals surface area (Å²) in [5, 5.41) is 14.4. The van der Waals surface area contributed by atoms with E-state index in [0.717, 1.165) is 35.3 Å². The monoisotopic (exact) mass is 518 g/mol. The first-order chi connectivity index (χ1) is 17.8. The van der Waals surface area contributed by atoms with Crippen LogP contribution in [0.15, 0.2) is 66.7 Å². The van der Waals surface area contributed by atoms with Crippen molar-refractivity contribution < 1.29 is 19.4 Å². The van der Waals surface area contributed by atoms with Crippen molar-refractivity contribution in [3.05, 3.63) is 83.0 Å². The Morgan fingerprint density at radius 3 is 2.41 bits per heavy atom. The Morgan fingerprint density at radius 1 is 1.03 bits per heavy atom. The number of amides is 1. The number of fused-ring (bicyclic) bond motifs is 1. The highest BCUT2D eigenvalue weighted by atomic mass is 35.5. The molecule has 3 aromatic carbocycles. The van der Waals surface area contributed by atoms with Gasteiger partial charge in [0.1, 0.15) is 5.75 Å². The van der Waals surface area contributed by atoms with E-state index in [4.69, 9.17) is 16.3 Å². The second-order valence-electron chi connectivity index (χ2n) is 9.32. The topological polar surface area (TPSA) is 80.6 Å². The number of hydrogen-bond acceptors (Lipinski definition) is 3. The number of carbonyl (C=O) groups excluding carboxylic acids is 1. The number of carboxylic acids is 1. The molecule has 6 nitrogen and oxygen atoms in total. The third-order valence-electron chi connectivity index (χ3n) is 6.08. The van der Waals surface area contributed by atoms with Gasteiger partial charge in [-0.1, -0.05) is 61.3 Å². The Balaban J connectivity index is 1.85. The fourth-order valence-corrected chi connectivity index (χ4v) is 4.61. The molecule has 4 rings (SSSR count). The maximum Gasteiger partial charge on any atom is 0.354 e. The number of aromatic nitrogens is 1. The summed E-state index contributed by atoms with van der Waals surface area (Å²) in [4.78, 5) is 25.2. The molecule has 1 heterocycles. The lowest BCUT2D eigenvalue weighted by atomic mass is 10.0. The molecule has 2 N–H and O–H groups in total. The van der Waals surface area contributed by atoms with Crippen LogP contribution in [0.4, 0.5) is 5.69 Å². The summed E-state index contributed by atoms with van der Waals surface area (Å²) >= 11 is 6.21. The molecular formula is C30H31ClN2O4. The molecule has 0 atom stereocenters. The molecular weight excluding hydrogens is 488 g/mol. The van der Waals surface area contributed by atoms with E-state index in [1.807, 2.05) is 81.4 Å². The Kier molecular flexibility index (Phi) is 8.19. The number of anilines is 1. The first kappa shape index (κ1) is 26.3. The summed E-state index contributed by atoms with van der Waals surface area (Å²) in [6.45, 7) is 6.26. The number of carboxylic acid groups (broad SMARTS) is 1. The summed E-state index contributed by atoms with van der Waals surface area (Å²) < 4.78 is 7.49. The smallest absolute Gasteiger partial charge is 0.354 e. The van der Waals surface area contributed by atoms with Crippen molar-refractivity contribution in [1.82, 2.24) is 4.57 Å². The minimum atomic E-state index is -1.11. The molecule has 0 aliphatic carbocycles. The van der Waals surface area contributed by atoms with Gasteiger partial charge in [-0.25, -0.2) is 4.79 Å². The van der Waals surface area contributed by atoms with Gasteiger partial charge in [0.15, 0.2) is 5.69 Å².